The third-order valence-corrected chi connectivity index (χ3v) is 5.56. The third-order valence-electron chi connectivity index (χ3n) is 3.31. The van der Waals surface area contributed by atoms with Gasteiger partial charge in [-0.1, -0.05) is 30.3 Å². The van der Waals surface area contributed by atoms with Crippen LogP contribution >= 0.6 is 0 Å². The lowest BCUT2D eigenvalue weighted by Gasteiger charge is -2.21. The van der Waals surface area contributed by atoms with Gasteiger partial charge in [-0.2, -0.15) is 8.42 Å². The van der Waals surface area contributed by atoms with Crippen LogP contribution in [0.2, 0.25) is 0 Å². The van der Waals surface area contributed by atoms with Gasteiger partial charge in [-0.3, -0.25) is 4.55 Å². The van der Waals surface area contributed by atoms with E-state index in [1.165, 1.54) is 0 Å². The molecule has 6 heteroatoms. The van der Waals surface area contributed by atoms with Crippen LogP contribution in [0, 0.1) is 0 Å². The smallest absolute Gasteiger partial charge is 0.269 e. The Hall–Kier alpha value is -1.50. The molecule has 0 spiro atoms. The molecule has 1 atom stereocenters. The first-order valence-corrected chi connectivity index (χ1v) is 8.77. The maximum absolute atomic E-state index is 12.5. The van der Waals surface area contributed by atoms with E-state index in [0.717, 1.165) is 16.0 Å². The Balaban J connectivity index is 2.15. The van der Waals surface area contributed by atoms with Crippen LogP contribution < -0.4 is 0 Å². The van der Waals surface area contributed by atoms with Gasteiger partial charge < -0.3 is 0 Å². The molecule has 2 aromatic rings. The summed E-state index contributed by atoms with van der Waals surface area (Å²) in [6, 6.07) is 12.5. The second kappa shape index (κ2) is 4.80. The summed E-state index contributed by atoms with van der Waals surface area (Å²) in [6.07, 6.45) is 0.531. The average Bonchev–Trinajstić information content (AvgIpc) is 2.39. The molecule has 1 heterocycles. The molecule has 3 rings (SSSR count). The topological polar surface area (TPSA) is 71.4 Å². The Morgan fingerprint density at radius 2 is 1.75 bits per heavy atom. The summed E-state index contributed by atoms with van der Waals surface area (Å²) in [6.45, 7) is 0. The van der Waals surface area contributed by atoms with Gasteiger partial charge in [0, 0.05) is 16.2 Å². The fourth-order valence-corrected chi connectivity index (χ4v) is 4.57. The molecule has 2 aromatic carbocycles. The molecule has 0 amide bonds. The van der Waals surface area contributed by atoms with Gasteiger partial charge in [-0.25, -0.2) is 4.21 Å². The normalized spacial score (nSPS) is 17.4. The van der Waals surface area contributed by atoms with Crippen molar-refractivity contribution >= 4 is 20.9 Å². The minimum atomic E-state index is -4.10. The molecule has 104 valence electrons. The van der Waals surface area contributed by atoms with E-state index >= 15 is 0 Å². The van der Waals surface area contributed by atoms with Crippen molar-refractivity contribution in [3.8, 4) is 0 Å². The number of fused-ring (bicyclic) bond motifs is 2. The first-order valence-electron chi connectivity index (χ1n) is 6.01. The fourth-order valence-electron chi connectivity index (χ4n) is 2.46. The van der Waals surface area contributed by atoms with Gasteiger partial charge in [0.15, 0.2) is 0 Å². The maximum atomic E-state index is 12.5. The van der Waals surface area contributed by atoms with Gasteiger partial charge in [-0.15, -0.1) is 0 Å². The van der Waals surface area contributed by atoms with Crippen LogP contribution in [0.4, 0.5) is 0 Å². The van der Waals surface area contributed by atoms with Gasteiger partial charge in [0.25, 0.3) is 10.1 Å². The van der Waals surface area contributed by atoms with Gasteiger partial charge in [0.05, 0.1) is 10.8 Å². The Kier molecular flexibility index (Phi) is 3.24. The van der Waals surface area contributed by atoms with Crippen molar-refractivity contribution in [3.63, 3.8) is 0 Å². The molecule has 1 unspecified atom stereocenters. The first kappa shape index (κ1) is 13.5. The van der Waals surface area contributed by atoms with E-state index in [0.29, 0.717) is 16.9 Å². The minimum absolute atomic E-state index is 0.449. The van der Waals surface area contributed by atoms with Crippen LogP contribution in [0.5, 0.6) is 0 Å². The summed E-state index contributed by atoms with van der Waals surface area (Å²) < 4.78 is 43.7. The number of rotatable bonds is 2. The van der Waals surface area contributed by atoms with Crippen LogP contribution in [0.3, 0.4) is 0 Å². The molecule has 0 saturated carbocycles. The van der Waals surface area contributed by atoms with Crippen molar-refractivity contribution in [2.75, 3.05) is 0 Å². The number of hydrogen-bond donors (Lipinski definition) is 1. The second-order valence-corrected chi connectivity index (χ2v) is 7.54. The molecule has 1 aliphatic rings. The summed E-state index contributed by atoms with van der Waals surface area (Å²) in [5, 5.41) is 0. The lowest BCUT2D eigenvalue weighted by atomic mass is 10.00. The monoisotopic (exact) mass is 308 g/mol. The van der Waals surface area contributed by atoms with Crippen molar-refractivity contribution < 1.29 is 17.2 Å². The molecule has 0 aliphatic carbocycles. The van der Waals surface area contributed by atoms with Gasteiger partial charge in [0.2, 0.25) is 0 Å². The van der Waals surface area contributed by atoms with E-state index in [4.69, 9.17) is 4.55 Å². The highest BCUT2D eigenvalue weighted by molar-refractivity contribution is 7.85. The van der Waals surface area contributed by atoms with E-state index in [1.807, 2.05) is 24.3 Å². The minimum Gasteiger partial charge on any atom is -0.285 e. The molecule has 1 aliphatic heterocycles. The van der Waals surface area contributed by atoms with Crippen molar-refractivity contribution in [1.82, 2.24) is 0 Å². The molecule has 1 N–H and O–H groups in total. The average molecular weight is 308 g/mol. The SMILES string of the molecule is O=S1c2ccccc2Cc2c(CS(=O)(=O)O)cccc21. The second-order valence-electron chi connectivity index (χ2n) is 4.67. The van der Waals surface area contributed by atoms with Crippen LogP contribution in [0.15, 0.2) is 52.3 Å². The molecule has 20 heavy (non-hydrogen) atoms. The van der Waals surface area contributed by atoms with Gasteiger partial charge in [-0.05, 0) is 28.8 Å². The van der Waals surface area contributed by atoms with Crippen molar-refractivity contribution in [3.05, 3.63) is 59.2 Å². The quantitative estimate of drug-likeness (QED) is 0.736. The van der Waals surface area contributed by atoms with Gasteiger partial charge in [0.1, 0.15) is 5.75 Å². The standard InChI is InChI=1S/C14H12O4S2/c15-19-13-6-2-1-4-10(13)8-12-11(9-20(16,17)18)5-3-7-14(12)19/h1-7H,8-9H2,(H,16,17,18). The Bertz CT molecular complexity index is 810. The van der Waals surface area contributed by atoms with E-state index < -0.39 is 26.7 Å². The zero-order valence-corrected chi connectivity index (χ0v) is 12.1. The van der Waals surface area contributed by atoms with E-state index in [2.05, 4.69) is 0 Å². The van der Waals surface area contributed by atoms with Crippen molar-refractivity contribution in [1.29, 1.82) is 0 Å². The van der Waals surface area contributed by atoms with Crippen LogP contribution in [-0.2, 0) is 33.1 Å². The lowest BCUT2D eigenvalue weighted by molar-refractivity contribution is 0.482. The predicted octanol–water partition coefficient (Wildman–Crippen LogP) is 2.15. The molecule has 4 nitrogen and oxygen atoms in total. The lowest BCUT2D eigenvalue weighted by Crippen LogP contribution is -2.13. The Labute approximate surface area is 119 Å². The van der Waals surface area contributed by atoms with E-state index in [1.54, 1.807) is 18.2 Å². The molecular weight excluding hydrogens is 296 g/mol. The predicted molar refractivity (Wildman–Crippen MR) is 75.6 cm³/mol. The zero-order valence-electron chi connectivity index (χ0n) is 10.4. The molecule has 0 radical (unpaired) electrons. The largest absolute Gasteiger partial charge is 0.285 e. The number of hydrogen-bond acceptors (Lipinski definition) is 3. The molecule has 0 aromatic heterocycles. The summed E-state index contributed by atoms with van der Waals surface area (Å²) in [5.41, 5.74) is 2.18. The van der Waals surface area contributed by atoms with Crippen molar-refractivity contribution in [2.45, 2.75) is 22.0 Å². The summed E-state index contributed by atoms with van der Waals surface area (Å²) in [7, 11) is -5.41. The first-order chi connectivity index (χ1) is 9.46. The summed E-state index contributed by atoms with van der Waals surface area (Å²) in [5.74, 6) is -0.449. The summed E-state index contributed by atoms with van der Waals surface area (Å²) in [4.78, 5) is 1.40. The molecule has 0 saturated heterocycles. The zero-order chi connectivity index (χ0) is 14.3. The highest BCUT2D eigenvalue weighted by Gasteiger charge is 2.24. The highest BCUT2D eigenvalue weighted by atomic mass is 32.2. The molecule has 0 bridgehead atoms. The van der Waals surface area contributed by atoms with E-state index in [9.17, 15) is 12.6 Å². The number of benzene rings is 2. The fraction of sp³-hybridized carbons (Fsp3) is 0.143. The molecule has 0 fully saturated rings. The van der Waals surface area contributed by atoms with Gasteiger partial charge >= 0.3 is 0 Å². The molecular formula is C14H12O4S2. The summed E-state index contributed by atoms with van der Waals surface area (Å²) >= 11 is 0. The maximum Gasteiger partial charge on any atom is 0.269 e. The third kappa shape index (κ3) is 2.42. The van der Waals surface area contributed by atoms with Crippen molar-refractivity contribution in [2.24, 2.45) is 0 Å². The highest BCUT2D eigenvalue weighted by Crippen LogP contribution is 2.33. The van der Waals surface area contributed by atoms with Crippen LogP contribution in [0.1, 0.15) is 16.7 Å². The van der Waals surface area contributed by atoms with E-state index in [-0.39, 0.29) is 0 Å². The Morgan fingerprint density at radius 1 is 1.05 bits per heavy atom. The Morgan fingerprint density at radius 3 is 2.50 bits per heavy atom. The van der Waals surface area contributed by atoms with Crippen LogP contribution in [0.25, 0.3) is 0 Å². The van der Waals surface area contributed by atoms with Crippen LogP contribution in [-0.4, -0.2) is 17.2 Å².